The van der Waals surface area contributed by atoms with Gasteiger partial charge in [0.2, 0.25) is 6.34 Å². The van der Waals surface area contributed by atoms with E-state index in [1.807, 2.05) is 11.2 Å². The third-order valence-corrected chi connectivity index (χ3v) is 9.44. The number of aliphatic hydroxyl groups is 1. The van der Waals surface area contributed by atoms with E-state index in [1.165, 1.54) is 5.57 Å². The maximum atomic E-state index is 13.2. The summed E-state index contributed by atoms with van der Waals surface area (Å²) in [5.74, 6) is 1.67. The second-order valence-electron chi connectivity index (χ2n) is 13.2. The molecule has 43 heavy (non-hydrogen) atoms. The molecule has 250 valence electrons. The molecule has 11 heteroatoms. The Bertz CT molecular complexity index is 852. The van der Waals surface area contributed by atoms with E-state index in [4.69, 9.17) is 26.8 Å². The van der Waals surface area contributed by atoms with Crippen LogP contribution in [0.15, 0.2) is 11.4 Å². The monoisotopic (exact) mass is 631 g/mol. The van der Waals surface area contributed by atoms with Gasteiger partial charge in [0.15, 0.2) is 12.2 Å². The van der Waals surface area contributed by atoms with Crippen LogP contribution in [0.5, 0.6) is 0 Å². The summed E-state index contributed by atoms with van der Waals surface area (Å²) in [6, 6.07) is 0.750. The van der Waals surface area contributed by atoms with E-state index in [-0.39, 0.29) is 24.3 Å². The quantitative estimate of drug-likeness (QED) is 0.0927. The Morgan fingerprint density at radius 1 is 1.16 bits per heavy atom. The van der Waals surface area contributed by atoms with Gasteiger partial charge in [-0.05, 0) is 69.4 Å². The van der Waals surface area contributed by atoms with Gasteiger partial charge in [0.1, 0.15) is 12.7 Å². The normalized spacial score (nSPS) is 30.8. The lowest BCUT2D eigenvalue weighted by Gasteiger charge is -2.38. The Kier molecular flexibility index (Phi) is 16.5. The minimum atomic E-state index is -0.892. The van der Waals surface area contributed by atoms with Crippen molar-refractivity contribution in [2.75, 3.05) is 39.5 Å². The molecule has 0 aromatic carbocycles. The first kappa shape index (κ1) is 36.5. The number of hydrogen-bond acceptors (Lipinski definition) is 8. The summed E-state index contributed by atoms with van der Waals surface area (Å²) in [4.78, 5) is 5.52. The lowest BCUT2D eigenvalue weighted by Crippen LogP contribution is -2.79. The molecule has 0 amide bonds. The fourth-order valence-corrected chi connectivity index (χ4v) is 6.90. The van der Waals surface area contributed by atoms with Gasteiger partial charge in [-0.15, -0.1) is 11.6 Å². The molecule has 7 N–H and O–H groups in total. The zero-order valence-corrected chi connectivity index (χ0v) is 27.9. The lowest BCUT2D eigenvalue weighted by molar-refractivity contribution is -0.510. The van der Waals surface area contributed by atoms with Crippen LogP contribution in [-0.4, -0.2) is 97.9 Å². The minimum absolute atomic E-state index is 0.0664. The first-order valence-corrected chi connectivity index (χ1v) is 17.3. The SMILES string of the molecule is CCCC(CC(Cl)CF)NC1=C2CC([NH+]=CN1)[C@@H](C)CO[C@H]1C[C@@H](NCCCN(CCC)[C@@H](N)O)CCC1OC[C@@H](C)C2. The van der Waals surface area contributed by atoms with E-state index in [9.17, 15) is 9.50 Å². The predicted octanol–water partition coefficient (Wildman–Crippen LogP) is 2.32. The highest BCUT2D eigenvalue weighted by atomic mass is 35.5. The number of nitrogens with one attached hydrogen (secondary N) is 4. The second kappa shape index (κ2) is 19.5. The van der Waals surface area contributed by atoms with Crippen molar-refractivity contribution in [3.8, 4) is 0 Å². The number of hydrogen-bond donors (Lipinski definition) is 6. The van der Waals surface area contributed by atoms with Gasteiger partial charge in [-0.3, -0.25) is 15.6 Å². The molecule has 2 aliphatic heterocycles. The number of aliphatic hydroxyl groups excluding tert-OH is 1. The number of nitrogens with two attached hydrogens (primary N) is 1. The van der Waals surface area contributed by atoms with Gasteiger partial charge in [-0.2, -0.15) is 0 Å². The molecule has 9 atom stereocenters. The van der Waals surface area contributed by atoms with Crippen molar-refractivity contribution in [1.82, 2.24) is 20.9 Å². The standard InChI is InChI=1S/C32H60ClFN6O3/c1-5-8-27(16-25(33)18-34)39-31-24-14-22(3)19-42-29-10-9-26(36-11-7-13-40(12-6-2)32(35)41)17-30(29)43-20-23(4)28(15-24)37-21-38-31/h21-23,25-30,32,36,39,41H,5-20,35H2,1-4H3,(H,37,38)/p+1/t22-,23-,25?,26-,27?,28?,29?,30-,32+/m0/s1. The molecule has 2 heterocycles. The van der Waals surface area contributed by atoms with E-state index in [0.29, 0.717) is 37.5 Å². The Morgan fingerprint density at radius 3 is 2.67 bits per heavy atom. The number of nitrogens with zero attached hydrogens (tertiary/aromatic N) is 1. The van der Waals surface area contributed by atoms with Gasteiger partial charge in [0, 0.05) is 44.1 Å². The maximum Gasteiger partial charge on any atom is 0.236 e. The summed E-state index contributed by atoms with van der Waals surface area (Å²) in [6.07, 6.45) is 10.5. The van der Waals surface area contributed by atoms with Crippen LogP contribution in [0.4, 0.5) is 4.39 Å². The zero-order chi connectivity index (χ0) is 31.2. The predicted molar refractivity (Wildman–Crippen MR) is 172 cm³/mol. The van der Waals surface area contributed by atoms with Crippen molar-refractivity contribution in [1.29, 1.82) is 0 Å². The molecule has 0 radical (unpaired) electrons. The highest BCUT2D eigenvalue weighted by molar-refractivity contribution is 6.20. The Balaban J connectivity index is 1.62. The first-order chi connectivity index (χ1) is 20.7. The lowest BCUT2D eigenvalue weighted by atomic mass is 9.88. The molecule has 3 rings (SSSR count). The summed E-state index contributed by atoms with van der Waals surface area (Å²) in [5.41, 5.74) is 7.05. The van der Waals surface area contributed by atoms with E-state index in [1.54, 1.807) is 0 Å². The summed E-state index contributed by atoms with van der Waals surface area (Å²) < 4.78 is 26.4. The van der Waals surface area contributed by atoms with Gasteiger partial charge in [-0.25, -0.2) is 9.71 Å². The van der Waals surface area contributed by atoms with Crippen LogP contribution < -0.4 is 26.7 Å². The number of alkyl halides is 2. The average Bonchev–Trinajstić information content (AvgIpc) is 3.18. The van der Waals surface area contributed by atoms with Gasteiger partial charge in [-0.1, -0.05) is 34.1 Å². The fraction of sp³-hybridized carbons (Fsp3) is 0.906. The molecule has 1 aliphatic carbocycles. The first-order valence-electron chi connectivity index (χ1n) is 16.9. The molecule has 1 saturated heterocycles. The number of halogens is 2. The molecule has 2 fully saturated rings. The van der Waals surface area contributed by atoms with Gasteiger partial charge < -0.3 is 25.2 Å². The largest absolute Gasteiger partial charge is 0.375 e. The molecule has 0 aromatic rings. The van der Waals surface area contributed by atoms with E-state index >= 15 is 0 Å². The topological polar surface area (TPSA) is 118 Å². The van der Waals surface area contributed by atoms with Crippen LogP contribution in [0.1, 0.15) is 91.9 Å². The van der Waals surface area contributed by atoms with Gasteiger partial charge in [0.05, 0.1) is 24.2 Å². The van der Waals surface area contributed by atoms with E-state index < -0.39 is 18.4 Å². The molecular weight excluding hydrogens is 571 g/mol. The van der Waals surface area contributed by atoms with Crippen LogP contribution in [0.25, 0.3) is 0 Å². The molecular formula is C32H61ClFN6O3+. The van der Waals surface area contributed by atoms with Crippen molar-refractivity contribution in [3.05, 3.63) is 11.4 Å². The molecule has 3 aliphatic rings. The molecule has 1 saturated carbocycles. The average molecular weight is 632 g/mol. The van der Waals surface area contributed by atoms with Crippen molar-refractivity contribution in [2.45, 2.75) is 134 Å². The number of ether oxygens (including phenoxy) is 2. The fourth-order valence-electron chi connectivity index (χ4n) is 6.68. The van der Waals surface area contributed by atoms with Gasteiger partial charge >= 0.3 is 0 Å². The van der Waals surface area contributed by atoms with Gasteiger partial charge in [0.25, 0.3) is 0 Å². The van der Waals surface area contributed by atoms with Crippen LogP contribution in [-0.2, 0) is 9.47 Å². The third kappa shape index (κ3) is 12.4. The molecule has 2 bridgehead atoms. The van der Waals surface area contributed by atoms with E-state index in [2.05, 4.69) is 48.6 Å². The van der Waals surface area contributed by atoms with Crippen molar-refractivity contribution in [3.63, 3.8) is 0 Å². The van der Waals surface area contributed by atoms with Crippen molar-refractivity contribution >= 4 is 17.9 Å². The Morgan fingerprint density at radius 2 is 1.95 bits per heavy atom. The highest BCUT2D eigenvalue weighted by Crippen LogP contribution is 2.29. The smallest absolute Gasteiger partial charge is 0.236 e. The second-order valence-corrected chi connectivity index (χ2v) is 13.8. The van der Waals surface area contributed by atoms with Crippen LogP contribution in [0.2, 0.25) is 0 Å². The Hall–Kier alpha value is -1.01. The number of fused-ring (bicyclic) bond motifs is 3. The Labute approximate surface area is 264 Å². The van der Waals surface area contributed by atoms with E-state index in [0.717, 1.165) is 83.2 Å². The summed E-state index contributed by atoms with van der Waals surface area (Å²) >= 11 is 6.22. The number of rotatable bonds is 15. The van der Waals surface area contributed by atoms with Crippen LogP contribution >= 0.6 is 11.6 Å². The van der Waals surface area contributed by atoms with Crippen LogP contribution in [0, 0.1) is 11.8 Å². The minimum Gasteiger partial charge on any atom is -0.375 e. The summed E-state index contributed by atoms with van der Waals surface area (Å²) in [7, 11) is 0. The van der Waals surface area contributed by atoms with Crippen molar-refractivity contribution in [2.24, 2.45) is 17.6 Å². The molecule has 9 nitrogen and oxygen atoms in total. The zero-order valence-electron chi connectivity index (χ0n) is 27.1. The maximum absolute atomic E-state index is 13.2. The molecule has 0 aromatic heterocycles. The third-order valence-electron chi connectivity index (χ3n) is 9.15. The molecule has 4 unspecified atom stereocenters. The van der Waals surface area contributed by atoms with Crippen molar-refractivity contribution < 1.29 is 24.0 Å². The van der Waals surface area contributed by atoms with Crippen LogP contribution in [0.3, 0.4) is 0 Å². The summed E-state index contributed by atoms with van der Waals surface area (Å²) in [6.45, 7) is 12.1. The summed E-state index contributed by atoms with van der Waals surface area (Å²) in [5, 5.41) is 20.2. The highest BCUT2D eigenvalue weighted by Gasteiger charge is 2.35. The molecule has 0 spiro atoms.